The van der Waals surface area contributed by atoms with Crippen molar-refractivity contribution in [3.05, 3.63) is 34.3 Å². The molecule has 0 aliphatic rings. The Kier molecular flexibility index (Phi) is 3.04. The van der Waals surface area contributed by atoms with Crippen molar-refractivity contribution in [2.45, 2.75) is 25.9 Å². The van der Waals surface area contributed by atoms with Crippen LogP contribution in [0.2, 0.25) is 0 Å². The molecule has 0 spiro atoms. The van der Waals surface area contributed by atoms with E-state index in [1.165, 1.54) is 0 Å². The number of H-pyrrole nitrogens is 1. The number of aromatic amines is 1. The Hall–Kier alpha value is -1.59. The van der Waals surface area contributed by atoms with Gasteiger partial charge in [0.15, 0.2) is 5.58 Å². The number of nitrogens with two attached hydrogens (primary N) is 1. The molecule has 0 atom stereocenters. The fourth-order valence-corrected chi connectivity index (χ4v) is 1.52. The van der Waals surface area contributed by atoms with Crippen LogP contribution in [0, 0.1) is 0 Å². The zero-order chi connectivity index (χ0) is 12.5. The first-order chi connectivity index (χ1) is 8.00. The molecule has 1 aromatic carbocycles. The average Bonchev–Trinajstić information content (AvgIpc) is 2.66. The van der Waals surface area contributed by atoms with Gasteiger partial charge in [-0.25, -0.2) is 4.79 Å². The quantitative estimate of drug-likeness (QED) is 0.736. The predicted molar refractivity (Wildman–Crippen MR) is 66.8 cm³/mol. The molecule has 0 amide bonds. The van der Waals surface area contributed by atoms with Gasteiger partial charge in [0.2, 0.25) is 0 Å². The van der Waals surface area contributed by atoms with Crippen LogP contribution in [0.5, 0.6) is 0 Å². The maximum Gasteiger partial charge on any atom is 0.417 e. The number of rotatable bonds is 4. The first-order valence-electron chi connectivity index (χ1n) is 5.57. The number of hydrogen-bond acceptors (Lipinski definition) is 4. The highest BCUT2D eigenvalue weighted by atomic mass is 16.4. The molecule has 0 bridgehead atoms. The van der Waals surface area contributed by atoms with Crippen molar-refractivity contribution in [1.29, 1.82) is 0 Å². The SMILES string of the molecule is CC(C)(CN)NCc1ccc2oc(=O)[nH]c2c1. The Morgan fingerprint density at radius 3 is 2.94 bits per heavy atom. The summed E-state index contributed by atoms with van der Waals surface area (Å²) in [6, 6.07) is 5.62. The molecule has 0 fully saturated rings. The van der Waals surface area contributed by atoms with E-state index in [9.17, 15) is 4.79 Å². The predicted octanol–water partition coefficient (Wildman–Crippen LogP) is 0.948. The number of hydrogen-bond donors (Lipinski definition) is 3. The lowest BCUT2D eigenvalue weighted by Crippen LogP contribution is -2.45. The minimum Gasteiger partial charge on any atom is -0.408 e. The van der Waals surface area contributed by atoms with Crippen molar-refractivity contribution in [3.63, 3.8) is 0 Å². The van der Waals surface area contributed by atoms with Crippen molar-refractivity contribution in [3.8, 4) is 0 Å². The third-order valence-corrected chi connectivity index (χ3v) is 2.76. The van der Waals surface area contributed by atoms with E-state index >= 15 is 0 Å². The van der Waals surface area contributed by atoms with Gasteiger partial charge < -0.3 is 15.5 Å². The maximum absolute atomic E-state index is 11.0. The standard InChI is InChI=1S/C12H17N3O2/c1-12(2,7-13)14-6-8-3-4-10-9(5-8)15-11(16)17-10/h3-5,14H,6-7,13H2,1-2H3,(H,15,16). The van der Waals surface area contributed by atoms with Gasteiger partial charge in [-0.15, -0.1) is 0 Å². The van der Waals surface area contributed by atoms with Crippen molar-refractivity contribution < 1.29 is 4.42 Å². The van der Waals surface area contributed by atoms with Crippen molar-refractivity contribution in [2.75, 3.05) is 6.54 Å². The fraction of sp³-hybridized carbons (Fsp3) is 0.417. The molecular weight excluding hydrogens is 218 g/mol. The molecule has 5 heteroatoms. The van der Waals surface area contributed by atoms with Gasteiger partial charge in [0.05, 0.1) is 5.52 Å². The molecule has 1 aromatic heterocycles. The lowest BCUT2D eigenvalue weighted by Gasteiger charge is -2.24. The molecule has 1 heterocycles. The normalized spacial score (nSPS) is 12.2. The summed E-state index contributed by atoms with van der Waals surface area (Å²) in [7, 11) is 0. The lowest BCUT2D eigenvalue weighted by molar-refractivity contribution is 0.397. The fourth-order valence-electron chi connectivity index (χ4n) is 1.52. The molecule has 0 saturated heterocycles. The molecule has 2 aromatic rings. The summed E-state index contributed by atoms with van der Waals surface area (Å²) in [6.45, 7) is 5.36. The number of benzene rings is 1. The Morgan fingerprint density at radius 2 is 2.24 bits per heavy atom. The van der Waals surface area contributed by atoms with E-state index in [0.717, 1.165) is 11.1 Å². The van der Waals surface area contributed by atoms with E-state index in [-0.39, 0.29) is 5.54 Å². The number of oxazole rings is 1. The minimum atomic E-state index is -0.424. The van der Waals surface area contributed by atoms with Crippen LogP contribution in [0.3, 0.4) is 0 Å². The number of nitrogens with one attached hydrogen (secondary N) is 2. The van der Waals surface area contributed by atoms with Gasteiger partial charge in [0.25, 0.3) is 0 Å². The van der Waals surface area contributed by atoms with E-state index in [2.05, 4.69) is 10.3 Å². The van der Waals surface area contributed by atoms with Crippen LogP contribution >= 0.6 is 0 Å². The second-order valence-corrected chi connectivity index (χ2v) is 4.79. The highest BCUT2D eigenvalue weighted by molar-refractivity contribution is 5.72. The van der Waals surface area contributed by atoms with Gasteiger partial charge in [-0.05, 0) is 31.5 Å². The Balaban J connectivity index is 2.17. The lowest BCUT2D eigenvalue weighted by atomic mass is 10.1. The Labute approximate surface area is 99.0 Å². The summed E-state index contributed by atoms with van der Waals surface area (Å²) < 4.78 is 4.94. The smallest absolute Gasteiger partial charge is 0.408 e. The molecule has 0 aliphatic heterocycles. The Morgan fingerprint density at radius 1 is 1.47 bits per heavy atom. The van der Waals surface area contributed by atoms with Crippen LogP contribution < -0.4 is 16.8 Å². The maximum atomic E-state index is 11.0. The molecule has 0 radical (unpaired) electrons. The zero-order valence-electron chi connectivity index (χ0n) is 10.0. The highest BCUT2D eigenvalue weighted by Crippen LogP contribution is 2.12. The van der Waals surface area contributed by atoms with Crippen LogP contribution in [-0.4, -0.2) is 17.1 Å². The van der Waals surface area contributed by atoms with E-state index in [4.69, 9.17) is 10.2 Å². The van der Waals surface area contributed by atoms with Crippen LogP contribution in [0.4, 0.5) is 0 Å². The third kappa shape index (κ3) is 2.75. The highest BCUT2D eigenvalue weighted by Gasteiger charge is 2.14. The first-order valence-corrected chi connectivity index (χ1v) is 5.57. The van der Waals surface area contributed by atoms with Crippen LogP contribution in [-0.2, 0) is 6.54 Å². The van der Waals surface area contributed by atoms with E-state index in [1.54, 1.807) is 6.07 Å². The number of aromatic nitrogens is 1. The molecule has 2 rings (SSSR count). The molecule has 17 heavy (non-hydrogen) atoms. The monoisotopic (exact) mass is 235 g/mol. The molecule has 0 saturated carbocycles. The van der Waals surface area contributed by atoms with Crippen LogP contribution in [0.25, 0.3) is 11.1 Å². The molecule has 4 N–H and O–H groups in total. The van der Waals surface area contributed by atoms with Gasteiger partial charge in [0, 0.05) is 18.6 Å². The van der Waals surface area contributed by atoms with Gasteiger partial charge in [-0.3, -0.25) is 4.98 Å². The molecule has 0 unspecified atom stereocenters. The first kappa shape index (κ1) is 11.9. The summed E-state index contributed by atoms with van der Waals surface area (Å²) in [5.74, 6) is -0.424. The molecule has 0 aliphatic carbocycles. The van der Waals surface area contributed by atoms with Crippen molar-refractivity contribution in [2.24, 2.45) is 5.73 Å². The van der Waals surface area contributed by atoms with Crippen molar-refractivity contribution in [1.82, 2.24) is 10.3 Å². The van der Waals surface area contributed by atoms with Gasteiger partial charge in [-0.1, -0.05) is 6.07 Å². The minimum absolute atomic E-state index is 0.0985. The topological polar surface area (TPSA) is 84.0 Å². The second kappa shape index (κ2) is 4.35. The van der Waals surface area contributed by atoms with E-state index in [1.807, 2.05) is 26.0 Å². The largest absolute Gasteiger partial charge is 0.417 e. The molecule has 5 nitrogen and oxygen atoms in total. The average molecular weight is 235 g/mol. The van der Waals surface area contributed by atoms with Gasteiger partial charge in [-0.2, -0.15) is 0 Å². The summed E-state index contributed by atoms with van der Waals surface area (Å²) in [5, 5.41) is 3.35. The van der Waals surface area contributed by atoms with Crippen LogP contribution in [0.1, 0.15) is 19.4 Å². The van der Waals surface area contributed by atoms with Crippen molar-refractivity contribution >= 4 is 11.1 Å². The summed E-state index contributed by atoms with van der Waals surface area (Å²) in [4.78, 5) is 13.6. The summed E-state index contributed by atoms with van der Waals surface area (Å²) in [6.07, 6.45) is 0. The number of fused-ring (bicyclic) bond motifs is 1. The summed E-state index contributed by atoms with van der Waals surface area (Å²) in [5.41, 5.74) is 7.92. The van der Waals surface area contributed by atoms with Gasteiger partial charge in [0.1, 0.15) is 0 Å². The summed E-state index contributed by atoms with van der Waals surface area (Å²) >= 11 is 0. The third-order valence-electron chi connectivity index (χ3n) is 2.76. The van der Waals surface area contributed by atoms with Gasteiger partial charge >= 0.3 is 5.76 Å². The van der Waals surface area contributed by atoms with Crippen LogP contribution in [0.15, 0.2) is 27.4 Å². The molecule has 92 valence electrons. The zero-order valence-corrected chi connectivity index (χ0v) is 10.0. The van der Waals surface area contributed by atoms with E-state index < -0.39 is 5.76 Å². The molecular formula is C12H17N3O2. The second-order valence-electron chi connectivity index (χ2n) is 4.79. The van der Waals surface area contributed by atoms with E-state index in [0.29, 0.717) is 18.7 Å². The Bertz CT molecular complexity index is 568.